The first-order valence-electron chi connectivity index (χ1n) is 4.09. The van der Waals surface area contributed by atoms with Crippen LogP contribution in [0.15, 0.2) is 6.20 Å². The van der Waals surface area contributed by atoms with Crippen LogP contribution >= 0.6 is 0 Å². The Kier molecular flexibility index (Phi) is 3.00. The Labute approximate surface area is 75.3 Å². The van der Waals surface area contributed by atoms with Crippen LogP contribution in [0.3, 0.4) is 0 Å². The largest absolute Gasteiger partial charge is 0.461 e. The average Bonchev–Trinajstić information content (AvgIpc) is 2.47. The molecule has 0 spiro atoms. The van der Waals surface area contributed by atoms with E-state index in [-0.39, 0.29) is 12.3 Å². The van der Waals surface area contributed by atoms with Gasteiger partial charge in [-0.1, -0.05) is 0 Å². The molecule has 0 saturated carbocycles. The Balaban J connectivity index is 2.96. The summed E-state index contributed by atoms with van der Waals surface area (Å²) in [5, 5.41) is 3.68. The van der Waals surface area contributed by atoms with Gasteiger partial charge in [-0.05, 0) is 13.8 Å². The van der Waals surface area contributed by atoms with Gasteiger partial charge in [0.1, 0.15) is 0 Å². The van der Waals surface area contributed by atoms with E-state index in [2.05, 4.69) is 9.84 Å². The minimum Gasteiger partial charge on any atom is -0.461 e. The number of ether oxygens (including phenoxy) is 1. The number of esters is 1. The molecule has 1 aromatic heterocycles. The lowest BCUT2D eigenvalue weighted by molar-refractivity contribution is 0.0506. The lowest BCUT2D eigenvalue weighted by Crippen LogP contribution is -2.13. The summed E-state index contributed by atoms with van der Waals surface area (Å²) in [6.45, 7) is 4.11. The molecular weight excluding hydrogens is 175 g/mol. The van der Waals surface area contributed by atoms with E-state index in [9.17, 15) is 9.18 Å². The molecule has 13 heavy (non-hydrogen) atoms. The van der Waals surface area contributed by atoms with Crippen LogP contribution in [-0.4, -0.2) is 22.4 Å². The molecule has 0 amide bonds. The highest BCUT2D eigenvalue weighted by Gasteiger charge is 2.18. The van der Waals surface area contributed by atoms with Gasteiger partial charge < -0.3 is 4.74 Å². The van der Waals surface area contributed by atoms with Gasteiger partial charge in [0, 0.05) is 6.54 Å². The molecule has 0 aromatic carbocycles. The smallest absolute Gasteiger partial charge is 0.359 e. The maximum Gasteiger partial charge on any atom is 0.359 e. The summed E-state index contributed by atoms with van der Waals surface area (Å²) in [5.41, 5.74) is -0.107. The van der Waals surface area contributed by atoms with Crippen molar-refractivity contribution < 1.29 is 13.9 Å². The Morgan fingerprint density at radius 3 is 2.92 bits per heavy atom. The molecule has 0 aliphatic rings. The molecule has 0 radical (unpaired) electrons. The van der Waals surface area contributed by atoms with Gasteiger partial charge >= 0.3 is 5.97 Å². The van der Waals surface area contributed by atoms with E-state index in [1.54, 1.807) is 13.8 Å². The van der Waals surface area contributed by atoms with Gasteiger partial charge in [-0.15, -0.1) is 0 Å². The zero-order valence-corrected chi connectivity index (χ0v) is 7.58. The van der Waals surface area contributed by atoms with Crippen molar-refractivity contribution in [1.82, 2.24) is 9.78 Å². The molecule has 0 atom stereocenters. The highest BCUT2D eigenvalue weighted by atomic mass is 19.1. The van der Waals surface area contributed by atoms with Crippen LogP contribution in [0.4, 0.5) is 4.39 Å². The Morgan fingerprint density at radius 2 is 2.38 bits per heavy atom. The first kappa shape index (κ1) is 9.70. The fourth-order valence-corrected chi connectivity index (χ4v) is 1.00. The van der Waals surface area contributed by atoms with E-state index in [1.807, 2.05) is 0 Å². The van der Waals surface area contributed by atoms with Crippen molar-refractivity contribution in [2.24, 2.45) is 0 Å². The fourth-order valence-electron chi connectivity index (χ4n) is 1.00. The maximum atomic E-state index is 13.0. The number of halogens is 1. The molecule has 0 fully saturated rings. The predicted octanol–water partition coefficient (Wildman–Crippen LogP) is 1.22. The Bertz CT molecular complexity index is 309. The van der Waals surface area contributed by atoms with Crippen LogP contribution in [0, 0.1) is 5.82 Å². The second-order valence-electron chi connectivity index (χ2n) is 2.38. The van der Waals surface area contributed by atoms with E-state index in [0.29, 0.717) is 6.54 Å². The summed E-state index contributed by atoms with van der Waals surface area (Å²) in [6, 6.07) is 0. The normalized spacial score (nSPS) is 10.1. The summed E-state index contributed by atoms with van der Waals surface area (Å²) >= 11 is 0. The molecule has 0 unspecified atom stereocenters. The molecular formula is C8H11FN2O2. The quantitative estimate of drug-likeness (QED) is 0.666. The first-order valence-corrected chi connectivity index (χ1v) is 4.09. The minimum absolute atomic E-state index is 0.107. The molecule has 1 aromatic rings. The predicted molar refractivity (Wildman–Crippen MR) is 43.8 cm³/mol. The monoisotopic (exact) mass is 186 g/mol. The minimum atomic E-state index is -0.667. The van der Waals surface area contributed by atoms with Gasteiger partial charge in [0.2, 0.25) is 0 Å². The van der Waals surface area contributed by atoms with Crippen molar-refractivity contribution in [3.05, 3.63) is 17.7 Å². The topological polar surface area (TPSA) is 44.1 Å². The molecule has 0 aliphatic carbocycles. The van der Waals surface area contributed by atoms with Crippen LogP contribution in [-0.2, 0) is 11.3 Å². The molecule has 1 heterocycles. The lowest BCUT2D eigenvalue weighted by Gasteiger charge is -2.03. The third-order valence-corrected chi connectivity index (χ3v) is 1.56. The van der Waals surface area contributed by atoms with Crippen molar-refractivity contribution in [2.45, 2.75) is 20.4 Å². The number of carbonyl (C=O) groups excluding carboxylic acids is 1. The van der Waals surface area contributed by atoms with Gasteiger partial charge in [0.05, 0.1) is 12.8 Å². The number of hydrogen-bond acceptors (Lipinski definition) is 3. The fraction of sp³-hybridized carbons (Fsp3) is 0.500. The van der Waals surface area contributed by atoms with Gasteiger partial charge in [-0.25, -0.2) is 9.18 Å². The zero-order chi connectivity index (χ0) is 9.84. The van der Waals surface area contributed by atoms with E-state index in [0.717, 1.165) is 6.20 Å². The van der Waals surface area contributed by atoms with E-state index in [1.165, 1.54) is 4.68 Å². The number of carbonyl (C=O) groups is 1. The third-order valence-electron chi connectivity index (χ3n) is 1.56. The molecule has 0 bridgehead atoms. The van der Waals surface area contributed by atoms with Crippen LogP contribution in [0.5, 0.6) is 0 Å². The summed E-state index contributed by atoms with van der Waals surface area (Å²) in [6.07, 6.45) is 1.01. The van der Waals surface area contributed by atoms with Crippen molar-refractivity contribution >= 4 is 5.97 Å². The third kappa shape index (κ3) is 1.85. The molecule has 72 valence electrons. The zero-order valence-electron chi connectivity index (χ0n) is 7.58. The first-order chi connectivity index (χ1) is 6.20. The van der Waals surface area contributed by atoms with Crippen LogP contribution in [0.2, 0.25) is 0 Å². The molecule has 1 rings (SSSR count). The summed E-state index contributed by atoms with van der Waals surface area (Å²) in [4.78, 5) is 11.2. The Morgan fingerprint density at radius 1 is 1.69 bits per heavy atom. The maximum absolute atomic E-state index is 13.0. The standard InChI is InChI=1S/C8H11FN2O2/c1-3-11-7(6(9)5-10-11)8(12)13-4-2/h5H,3-4H2,1-2H3. The second-order valence-corrected chi connectivity index (χ2v) is 2.38. The molecule has 0 saturated heterocycles. The molecule has 0 aliphatic heterocycles. The van der Waals surface area contributed by atoms with Crippen LogP contribution in [0.1, 0.15) is 24.3 Å². The number of aromatic nitrogens is 2. The van der Waals surface area contributed by atoms with Crippen LogP contribution in [0.25, 0.3) is 0 Å². The van der Waals surface area contributed by atoms with E-state index in [4.69, 9.17) is 0 Å². The van der Waals surface area contributed by atoms with Crippen molar-refractivity contribution in [3.8, 4) is 0 Å². The Hall–Kier alpha value is -1.39. The lowest BCUT2D eigenvalue weighted by atomic mass is 10.4. The highest BCUT2D eigenvalue weighted by Crippen LogP contribution is 2.07. The number of rotatable bonds is 3. The van der Waals surface area contributed by atoms with Gasteiger partial charge in [0.25, 0.3) is 0 Å². The average molecular weight is 186 g/mol. The number of nitrogens with zero attached hydrogens (tertiary/aromatic N) is 2. The molecule has 5 heteroatoms. The highest BCUT2D eigenvalue weighted by molar-refractivity contribution is 5.87. The van der Waals surface area contributed by atoms with Crippen molar-refractivity contribution in [1.29, 1.82) is 0 Å². The van der Waals surface area contributed by atoms with Crippen LogP contribution < -0.4 is 0 Å². The van der Waals surface area contributed by atoms with Gasteiger partial charge in [-0.3, -0.25) is 4.68 Å². The molecule has 0 N–H and O–H groups in total. The summed E-state index contributed by atoms with van der Waals surface area (Å²) in [7, 11) is 0. The van der Waals surface area contributed by atoms with Crippen molar-refractivity contribution in [2.75, 3.05) is 6.61 Å². The van der Waals surface area contributed by atoms with Crippen molar-refractivity contribution in [3.63, 3.8) is 0 Å². The van der Waals surface area contributed by atoms with E-state index < -0.39 is 11.8 Å². The van der Waals surface area contributed by atoms with Gasteiger partial charge in [0.15, 0.2) is 11.5 Å². The number of hydrogen-bond donors (Lipinski definition) is 0. The SMILES string of the molecule is CCOC(=O)c1c(F)cnn1CC. The second kappa shape index (κ2) is 4.02. The van der Waals surface area contributed by atoms with E-state index >= 15 is 0 Å². The summed E-state index contributed by atoms with van der Waals surface area (Å²) < 4.78 is 18.9. The van der Waals surface area contributed by atoms with Gasteiger partial charge in [-0.2, -0.15) is 5.10 Å². The number of aryl methyl sites for hydroxylation is 1. The summed E-state index contributed by atoms with van der Waals surface area (Å²) in [5.74, 6) is -1.31. The molecule has 4 nitrogen and oxygen atoms in total.